The molecule has 17 nitrogen and oxygen atoms in total. The van der Waals surface area contributed by atoms with Crippen LogP contribution in [-0.4, -0.2) is 168 Å². The first-order chi connectivity index (χ1) is 17.8. The van der Waals surface area contributed by atoms with Crippen molar-refractivity contribution in [2.24, 2.45) is 0 Å². The standard InChI is InChI=1S/C21H37NO16/c1-5(17-14(30)13(29)15(31)19(33)37-17)34-20-9(22-6(2)25)11(27)18(8(4-24)36-20)38-21-16(32)12(28)10(26)7(3-23)35-21/h5,7-21,23-24,26-33H,3-4H2,1-2H3,(H,22,25)/t5-,7+,8+,9+,10+,11+,12-,13-,14+,15+,16+,17+,18+,19?,20+,21-/m0/s1. The summed E-state index contributed by atoms with van der Waals surface area (Å²) < 4.78 is 27.5. The quantitative estimate of drug-likeness (QED) is 0.132. The maximum Gasteiger partial charge on any atom is 0.217 e. The van der Waals surface area contributed by atoms with Crippen molar-refractivity contribution in [1.82, 2.24) is 5.32 Å². The van der Waals surface area contributed by atoms with E-state index in [-0.39, 0.29) is 0 Å². The summed E-state index contributed by atoms with van der Waals surface area (Å²) in [6, 6.07) is -1.39. The fourth-order valence-electron chi connectivity index (χ4n) is 4.64. The monoisotopic (exact) mass is 559 g/mol. The van der Waals surface area contributed by atoms with E-state index in [1.807, 2.05) is 0 Å². The van der Waals surface area contributed by atoms with Gasteiger partial charge in [-0.1, -0.05) is 0 Å². The Morgan fingerprint density at radius 1 is 0.763 bits per heavy atom. The highest BCUT2D eigenvalue weighted by molar-refractivity contribution is 5.73. The first kappa shape index (κ1) is 31.4. The number of aliphatic hydroxyl groups excluding tert-OH is 10. The molecule has 1 amide bonds. The molecule has 0 bridgehead atoms. The zero-order valence-corrected chi connectivity index (χ0v) is 20.6. The van der Waals surface area contributed by atoms with E-state index in [1.54, 1.807) is 0 Å². The molecule has 0 spiro atoms. The van der Waals surface area contributed by atoms with Crippen LogP contribution in [0.5, 0.6) is 0 Å². The summed E-state index contributed by atoms with van der Waals surface area (Å²) in [5.41, 5.74) is 0. The second-order valence-electron chi connectivity index (χ2n) is 9.54. The van der Waals surface area contributed by atoms with Gasteiger partial charge in [-0.25, -0.2) is 0 Å². The van der Waals surface area contributed by atoms with Crippen LogP contribution in [0.2, 0.25) is 0 Å². The van der Waals surface area contributed by atoms with Crippen molar-refractivity contribution < 1.29 is 79.5 Å². The second kappa shape index (κ2) is 13.0. The van der Waals surface area contributed by atoms with Gasteiger partial charge in [0.2, 0.25) is 5.91 Å². The fraction of sp³-hybridized carbons (Fsp3) is 0.952. The van der Waals surface area contributed by atoms with Crippen LogP contribution in [0.4, 0.5) is 0 Å². The summed E-state index contributed by atoms with van der Waals surface area (Å²) in [4.78, 5) is 11.9. The van der Waals surface area contributed by atoms with Gasteiger partial charge in [0.15, 0.2) is 18.9 Å². The normalized spacial score (nSPS) is 48.9. The van der Waals surface area contributed by atoms with Crippen molar-refractivity contribution in [2.75, 3.05) is 13.2 Å². The summed E-state index contributed by atoms with van der Waals surface area (Å²) in [7, 11) is 0. The van der Waals surface area contributed by atoms with Crippen LogP contribution in [0.25, 0.3) is 0 Å². The Morgan fingerprint density at radius 2 is 1.34 bits per heavy atom. The molecular formula is C21H37NO16. The minimum absolute atomic E-state index is 0.643. The zero-order chi connectivity index (χ0) is 28.5. The number of hydrogen-bond acceptors (Lipinski definition) is 16. The molecule has 0 radical (unpaired) electrons. The molecule has 11 N–H and O–H groups in total. The third kappa shape index (κ3) is 6.43. The third-order valence-corrected chi connectivity index (χ3v) is 6.80. The summed E-state index contributed by atoms with van der Waals surface area (Å²) in [6.45, 7) is 0.957. The number of nitrogens with one attached hydrogen (secondary N) is 1. The number of hydrogen-bond donors (Lipinski definition) is 11. The van der Waals surface area contributed by atoms with Crippen molar-refractivity contribution in [3.8, 4) is 0 Å². The molecule has 16 atom stereocenters. The predicted molar refractivity (Wildman–Crippen MR) is 117 cm³/mol. The lowest BCUT2D eigenvalue weighted by Crippen LogP contribution is -2.68. The molecule has 3 heterocycles. The lowest BCUT2D eigenvalue weighted by atomic mass is 9.94. The Bertz CT molecular complexity index is 776. The number of carbonyl (C=O) groups excluding carboxylic acids is 1. The first-order valence-electron chi connectivity index (χ1n) is 12.0. The lowest BCUT2D eigenvalue weighted by molar-refractivity contribution is -0.357. The van der Waals surface area contributed by atoms with Gasteiger partial charge < -0.3 is 80.1 Å². The predicted octanol–water partition coefficient (Wildman–Crippen LogP) is -7.04. The average molecular weight is 560 g/mol. The minimum Gasteiger partial charge on any atom is -0.394 e. The molecule has 3 saturated heterocycles. The van der Waals surface area contributed by atoms with Crippen LogP contribution in [0.3, 0.4) is 0 Å². The van der Waals surface area contributed by atoms with Gasteiger partial charge in [-0.15, -0.1) is 0 Å². The first-order valence-corrected chi connectivity index (χ1v) is 12.0. The Labute approximate surface area is 216 Å². The molecule has 38 heavy (non-hydrogen) atoms. The van der Waals surface area contributed by atoms with Crippen LogP contribution < -0.4 is 5.32 Å². The Hall–Kier alpha value is -1.13. The maximum atomic E-state index is 11.9. The summed E-state index contributed by atoms with van der Waals surface area (Å²) >= 11 is 0. The molecule has 3 rings (SSSR count). The third-order valence-electron chi connectivity index (χ3n) is 6.80. The van der Waals surface area contributed by atoms with Crippen molar-refractivity contribution in [3.05, 3.63) is 0 Å². The largest absolute Gasteiger partial charge is 0.394 e. The number of amides is 1. The lowest BCUT2D eigenvalue weighted by Gasteiger charge is -2.48. The van der Waals surface area contributed by atoms with Crippen LogP contribution >= 0.6 is 0 Å². The van der Waals surface area contributed by atoms with E-state index < -0.39 is 117 Å². The molecule has 3 fully saturated rings. The minimum atomic E-state index is -1.85. The summed E-state index contributed by atoms with van der Waals surface area (Å²) in [5, 5.41) is 103. The van der Waals surface area contributed by atoms with Crippen LogP contribution in [0.1, 0.15) is 13.8 Å². The molecular weight excluding hydrogens is 522 g/mol. The molecule has 0 aromatic carbocycles. The van der Waals surface area contributed by atoms with E-state index in [0.29, 0.717) is 0 Å². The van der Waals surface area contributed by atoms with Crippen LogP contribution in [0.15, 0.2) is 0 Å². The SMILES string of the molecule is CC(=O)N[C@H]1[C@H](O[C@@H](C)[C@H]2OC(O)[C@H](O)[C@@H](O)[C@H]2O)O[C@H](CO)[C@@H](O[C@@H]2O[C@H](CO)[C@@H](O)[C@H](O)[C@H]2O)[C@@H]1O. The molecule has 3 aliphatic rings. The molecule has 0 saturated carbocycles. The summed E-state index contributed by atoms with van der Waals surface area (Å²) in [6.07, 6.45) is -24.1. The zero-order valence-electron chi connectivity index (χ0n) is 20.6. The Kier molecular flexibility index (Phi) is 10.8. The Balaban J connectivity index is 1.78. The highest BCUT2D eigenvalue weighted by Gasteiger charge is 2.53. The molecule has 17 heteroatoms. The number of aliphatic hydroxyl groups is 10. The van der Waals surface area contributed by atoms with E-state index in [0.717, 1.165) is 6.92 Å². The molecule has 0 aromatic rings. The van der Waals surface area contributed by atoms with Gasteiger partial charge in [-0.05, 0) is 6.92 Å². The van der Waals surface area contributed by atoms with Gasteiger partial charge in [0.1, 0.15) is 73.2 Å². The smallest absolute Gasteiger partial charge is 0.217 e. The topological polar surface area (TPSA) is 278 Å². The van der Waals surface area contributed by atoms with Crippen molar-refractivity contribution >= 4 is 5.91 Å². The molecule has 3 aliphatic heterocycles. The number of rotatable bonds is 8. The fourth-order valence-corrected chi connectivity index (χ4v) is 4.64. The van der Waals surface area contributed by atoms with E-state index in [1.165, 1.54) is 6.92 Å². The maximum absolute atomic E-state index is 11.9. The Morgan fingerprint density at radius 3 is 1.92 bits per heavy atom. The van der Waals surface area contributed by atoms with Gasteiger partial charge in [-0.2, -0.15) is 0 Å². The molecule has 0 aromatic heterocycles. The van der Waals surface area contributed by atoms with Gasteiger partial charge in [0.05, 0.1) is 19.3 Å². The number of carbonyl (C=O) groups is 1. The van der Waals surface area contributed by atoms with E-state index in [4.69, 9.17) is 23.7 Å². The van der Waals surface area contributed by atoms with Gasteiger partial charge in [-0.3, -0.25) is 4.79 Å². The van der Waals surface area contributed by atoms with E-state index >= 15 is 0 Å². The second-order valence-corrected chi connectivity index (χ2v) is 9.54. The van der Waals surface area contributed by atoms with Gasteiger partial charge in [0.25, 0.3) is 0 Å². The number of ether oxygens (including phenoxy) is 5. The van der Waals surface area contributed by atoms with Gasteiger partial charge in [0, 0.05) is 6.92 Å². The highest BCUT2D eigenvalue weighted by atomic mass is 16.7. The average Bonchev–Trinajstić information content (AvgIpc) is 2.88. The van der Waals surface area contributed by atoms with E-state index in [9.17, 15) is 55.9 Å². The van der Waals surface area contributed by atoms with Crippen LogP contribution in [0, 0.1) is 0 Å². The van der Waals surface area contributed by atoms with Crippen molar-refractivity contribution in [3.63, 3.8) is 0 Å². The molecule has 0 aliphatic carbocycles. The highest BCUT2D eigenvalue weighted by Crippen LogP contribution is 2.31. The molecule has 1 unspecified atom stereocenters. The molecule has 222 valence electrons. The van der Waals surface area contributed by atoms with Crippen molar-refractivity contribution in [2.45, 2.75) is 112 Å². The van der Waals surface area contributed by atoms with Crippen LogP contribution in [-0.2, 0) is 28.5 Å². The summed E-state index contributed by atoms with van der Waals surface area (Å²) in [5.74, 6) is -0.643. The van der Waals surface area contributed by atoms with E-state index in [2.05, 4.69) is 5.32 Å². The van der Waals surface area contributed by atoms with Gasteiger partial charge >= 0.3 is 0 Å². The van der Waals surface area contributed by atoms with Crippen molar-refractivity contribution in [1.29, 1.82) is 0 Å².